The van der Waals surface area contributed by atoms with Gasteiger partial charge in [0.1, 0.15) is 0 Å². The number of alkyl halides is 3. The molecule has 0 radical (unpaired) electrons. The highest BCUT2D eigenvalue weighted by atomic mass is 19.4. The van der Waals surface area contributed by atoms with Crippen LogP contribution in [0.15, 0.2) is 30.6 Å². The summed E-state index contributed by atoms with van der Waals surface area (Å²) < 4.78 is 37.0. The van der Waals surface area contributed by atoms with Crippen molar-refractivity contribution in [2.24, 2.45) is 0 Å². The first-order valence-corrected chi connectivity index (χ1v) is 5.29. The van der Waals surface area contributed by atoms with E-state index < -0.39 is 12.0 Å². The van der Waals surface area contributed by atoms with Crippen LogP contribution >= 0.6 is 0 Å². The van der Waals surface area contributed by atoms with Crippen molar-refractivity contribution in [2.45, 2.75) is 13.1 Å². The number of benzene rings is 1. The number of aryl methyl sites for hydroxylation is 1. The lowest BCUT2D eigenvalue weighted by Gasteiger charge is -2.06. The number of aromatic nitrogens is 2. The lowest BCUT2D eigenvalue weighted by atomic mass is 10.1. The van der Waals surface area contributed by atoms with Crippen molar-refractivity contribution in [3.8, 4) is 11.1 Å². The highest BCUT2D eigenvalue weighted by molar-refractivity contribution is 5.69. The standard InChI is InChI=1S/C13H8F3N3/c1-8-3-4-9(5-11(8)17-2)10-6-18-12(19-7-10)13(14,15)16/h3-7H,1H3. The lowest BCUT2D eigenvalue weighted by Crippen LogP contribution is -2.10. The van der Waals surface area contributed by atoms with Gasteiger partial charge in [-0.2, -0.15) is 13.2 Å². The molecular formula is C13H8F3N3. The Morgan fingerprint density at radius 3 is 2.26 bits per heavy atom. The van der Waals surface area contributed by atoms with Crippen molar-refractivity contribution in [2.75, 3.05) is 0 Å². The van der Waals surface area contributed by atoms with Crippen LogP contribution in [0, 0.1) is 13.5 Å². The summed E-state index contributed by atoms with van der Waals surface area (Å²) in [6.45, 7) is 8.80. The first kappa shape index (κ1) is 13.0. The first-order chi connectivity index (χ1) is 8.91. The van der Waals surface area contributed by atoms with Gasteiger partial charge in [0.2, 0.25) is 5.82 Å². The number of rotatable bonds is 1. The molecule has 6 heteroatoms. The molecule has 0 saturated carbocycles. The summed E-state index contributed by atoms with van der Waals surface area (Å²) in [4.78, 5) is 9.92. The van der Waals surface area contributed by atoms with E-state index in [4.69, 9.17) is 6.57 Å². The molecule has 0 spiro atoms. The van der Waals surface area contributed by atoms with Gasteiger partial charge in [-0.15, -0.1) is 0 Å². The second kappa shape index (κ2) is 4.69. The van der Waals surface area contributed by atoms with Crippen molar-refractivity contribution in [3.05, 3.63) is 53.4 Å². The Labute approximate surface area is 107 Å². The molecule has 0 N–H and O–H groups in total. The highest BCUT2D eigenvalue weighted by Crippen LogP contribution is 2.29. The van der Waals surface area contributed by atoms with Crippen LogP contribution in [0.5, 0.6) is 0 Å². The second-order valence-electron chi connectivity index (χ2n) is 3.91. The Kier molecular flexibility index (Phi) is 3.21. The molecule has 2 aromatic rings. The van der Waals surface area contributed by atoms with Crippen LogP contribution in [0.3, 0.4) is 0 Å². The molecule has 96 valence electrons. The number of hydrogen-bond acceptors (Lipinski definition) is 2. The fourth-order valence-corrected chi connectivity index (χ4v) is 1.53. The van der Waals surface area contributed by atoms with Crippen molar-refractivity contribution >= 4 is 5.69 Å². The van der Waals surface area contributed by atoms with Gasteiger partial charge in [0.15, 0.2) is 5.69 Å². The first-order valence-electron chi connectivity index (χ1n) is 5.29. The zero-order valence-electron chi connectivity index (χ0n) is 9.86. The summed E-state index contributed by atoms with van der Waals surface area (Å²) in [6.07, 6.45) is -2.34. The number of hydrogen-bond donors (Lipinski definition) is 0. The van der Waals surface area contributed by atoms with E-state index in [1.165, 1.54) is 0 Å². The van der Waals surface area contributed by atoms with E-state index in [9.17, 15) is 13.2 Å². The fourth-order valence-electron chi connectivity index (χ4n) is 1.53. The Hall–Kier alpha value is -2.42. The van der Waals surface area contributed by atoms with Crippen molar-refractivity contribution < 1.29 is 13.2 Å². The smallest absolute Gasteiger partial charge is 0.238 e. The van der Waals surface area contributed by atoms with E-state index in [1.54, 1.807) is 25.1 Å². The van der Waals surface area contributed by atoms with Crippen molar-refractivity contribution in [1.82, 2.24) is 9.97 Å². The third-order valence-corrected chi connectivity index (χ3v) is 2.57. The van der Waals surface area contributed by atoms with Crippen LogP contribution in [-0.4, -0.2) is 9.97 Å². The molecule has 0 aliphatic heterocycles. The van der Waals surface area contributed by atoms with Crippen LogP contribution in [0.2, 0.25) is 0 Å². The van der Waals surface area contributed by atoms with Crippen molar-refractivity contribution in [3.63, 3.8) is 0 Å². The van der Waals surface area contributed by atoms with Gasteiger partial charge in [-0.3, -0.25) is 0 Å². The van der Waals surface area contributed by atoms with Crippen LogP contribution in [0.25, 0.3) is 16.0 Å². The van der Waals surface area contributed by atoms with Gasteiger partial charge in [-0.25, -0.2) is 14.8 Å². The Balaban J connectivity index is 2.41. The maximum absolute atomic E-state index is 12.3. The van der Waals surface area contributed by atoms with Gasteiger partial charge in [0.05, 0.1) is 6.57 Å². The van der Waals surface area contributed by atoms with Gasteiger partial charge in [-0.05, 0) is 24.1 Å². The van der Waals surface area contributed by atoms with E-state index in [1.807, 2.05) is 0 Å². The molecule has 2 rings (SSSR count). The molecule has 0 aliphatic carbocycles. The maximum Gasteiger partial charge on any atom is 0.451 e. The topological polar surface area (TPSA) is 30.1 Å². The molecule has 0 bridgehead atoms. The number of nitrogens with zero attached hydrogens (tertiary/aromatic N) is 3. The summed E-state index contributed by atoms with van der Waals surface area (Å²) in [6, 6.07) is 5.06. The second-order valence-corrected chi connectivity index (χ2v) is 3.91. The molecule has 0 fully saturated rings. The lowest BCUT2D eigenvalue weighted by molar-refractivity contribution is -0.144. The predicted molar refractivity (Wildman–Crippen MR) is 63.5 cm³/mol. The number of halogens is 3. The van der Waals surface area contributed by atoms with Crippen LogP contribution < -0.4 is 0 Å². The molecular weight excluding hydrogens is 255 g/mol. The van der Waals surface area contributed by atoms with Crippen LogP contribution in [-0.2, 0) is 6.18 Å². The van der Waals surface area contributed by atoms with Gasteiger partial charge in [-0.1, -0.05) is 12.1 Å². The Morgan fingerprint density at radius 1 is 1.11 bits per heavy atom. The summed E-state index contributed by atoms with van der Waals surface area (Å²) in [5.41, 5.74) is 2.33. The molecule has 19 heavy (non-hydrogen) atoms. The molecule has 0 aliphatic rings. The SMILES string of the molecule is [C-]#[N+]c1cc(-c2cnc(C(F)(F)F)nc2)ccc1C. The van der Waals surface area contributed by atoms with Gasteiger partial charge < -0.3 is 0 Å². The molecule has 0 saturated heterocycles. The quantitative estimate of drug-likeness (QED) is 0.727. The zero-order valence-corrected chi connectivity index (χ0v) is 9.86. The maximum atomic E-state index is 12.3. The average Bonchev–Trinajstić information content (AvgIpc) is 2.38. The summed E-state index contributed by atoms with van der Waals surface area (Å²) in [5.74, 6) is -1.17. The Bertz CT molecular complexity index is 640. The minimum absolute atomic E-state index is 0.443. The summed E-state index contributed by atoms with van der Waals surface area (Å²) in [7, 11) is 0. The molecule has 1 aromatic carbocycles. The minimum atomic E-state index is -4.55. The summed E-state index contributed by atoms with van der Waals surface area (Å²) in [5, 5.41) is 0. The van der Waals surface area contributed by atoms with E-state index in [-0.39, 0.29) is 0 Å². The highest BCUT2D eigenvalue weighted by Gasteiger charge is 2.34. The molecule has 3 nitrogen and oxygen atoms in total. The predicted octanol–water partition coefficient (Wildman–Crippen LogP) is 4.02. The minimum Gasteiger partial charge on any atom is -0.238 e. The van der Waals surface area contributed by atoms with Crippen LogP contribution in [0.1, 0.15) is 11.4 Å². The molecule has 1 heterocycles. The molecule has 0 atom stereocenters. The Morgan fingerprint density at radius 2 is 1.74 bits per heavy atom. The van der Waals surface area contributed by atoms with Gasteiger partial charge in [0, 0.05) is 18.0 Å². The largest absolute Gasteiger partial charge is 0.451 e. The zero-order chi connectivity index (χ0) is 14.0. The van der Waals surface area contributed by atoms with Gasteiger partial charge >= 0.3 is 6.18 Å². The van der Waals surface area contributed by atoms with E-state index >= 15 is 0 Å². The van der Waals surface area contributed by atoms with E-state index in [0.717, 1.165) is 18.0 Å². The molecule has 0 amide bonds. The fraction of sp³-hybridized carbons (Fsp3) is 0.154. The molecule has 0 unspecified atom stereocenters. The average molecular weight is 263 g/mol. The van der Waals surface area contributed by atoms with Crippen molar-refractivity contribution in [1.29, 1.82) is 0 Å². The normalized spacial score (nSPS) is 11.1. The van der Waals surface area contributed by atoms with Crippen LogP contribution in [0.4, 0.5) is 18.9 Å². The van der Waals surface area contributed by atoms with E-state index in [2.05, 4.69) is 14.8 Å². The summed E-state index contributed by atoms with van der Waals surface area (Å²) >= 11 is 0. The monoisotopic (exact) mass is 263 g/mol. The third-order valence-electron chi connectivity index (χ3n) is 2.57. The van der Waals surface area contributed by atoms with Gasteiger partial charge in [0.25, 0.3) is 0 Å². The molecule has 1 aromatic heterocycles. The third kappa shape index (κ3) is 2.71. The van der Waals surface area contributed by atoms with E-state index in [0.29, 0.717) is 16.8 Å².